The zero-order valence-corrected chi connectivity index (χ0v) is 14.4. The standard InChI is InChI=1S/C17H19N5OS/c1-10(2)7-14-11-8-18-22(16(11)21-15(23)9-24-14)17-19-12-5-3-4-6-13(12)20-17/h3-6,8,10,14H,7,9H2,1-2H3,(H,19,20)(H,21,23)/t14-/m0/s1. The highest BCUT2D eigenvalue weighted by Gasteiger charge is 2.28. The number of fused-ring (bicyclic) bond motifs is 2. The quantitative estimate of drug-likeness (QED) is 0.764. The minimum Gasteiger partial charge on any atom is -0.322 e. The van der Waals surface area contributed by atoms with Crippen molar-refractivity contribution >= 4 is 34.5 Å². The van der Waals surface area contributed by atoms with Crippen LogP contribution in [0.2, 0.25) is 0 Å². The van der Waals surface area contributed by atoms with Crippen LogP contribution in [0.25, 0.3) is 17.0 Å². The molecule has 0 saturated heterocycles. The zero-order valence-electron chi connectivity index (χ0n) is 13.6. The fourth-order valence-electron chi connectivity index (χ4n) is 2.98. The third-order valence-corrected chi connectivity index (χ3v) is 5.36. The Morgan fingerprint density at radius 2 is 2.21 bits per heavy atom. The number of imidazole rings is 1. The number of aromatic amines is 1. The molecule has 0 unspecified atom stereocenters. The molecule has 6 nitrogen and oxygen atoms in total. The minimum absolute atomic E-state index is 0.00497. The lowest BCUT2D eigenvalue weighted by Crippen LogP contribution is -2.16. The molecule has 2 N–H and O–H groups in total. The van der Waals surface area contributed by atoms with E-state index in [1.165, 1.54) is 0 Å². The molecule has 1 aromatic carbocycles. The average molecular weight is 341 g/mol. The van der Waals surface area contributed by atoms with E-state index >= 15 is 0 Å². The molecule has 0 bridgehead atoms. The Morgan fingerprint density at radius 3 is 3.00 bits per heavy atom. The van der Waals surface area contributed by atoms with Crippen molar-refractivity contribution in [3.05, 3.63) is 36.0 Å². The topological polar surface area (TPSA) is 75.6 Å². The van der Waals surface area contributed by atoms with Gasteiger partial charge in [-0.2, -0.15) is 9.78 Å². The first-order chi connectivity index (χ1) is 11.6. The van der Waals surface area contributed by atoms with E-state index in [0.717, 1.165) is 28.8 Å². The molecule has 1 amide bonds. The van der Waals surface area contributed by atoms with Crippen molar-refractivity contribution in [1.29, 1.82) is 0 Å². The molecule has 1 aliphatic heterocycles. The Morgan fingerprint density at radius 1 is 1.38 bits per heavy atom. The molecule has 0 spiro atoms. The number of para-hydroxylation sites is 2. The molecule has 3 aromatic rings. The Bertz CT molecular complexity index is 864. The molecule has 7 heteroatoms. The van der Waals surface area contributed by atoms with Gasteiger partial charge < -0.3 is 10.3 Å². The second-order valence-electron chi connectivity index (χ2n) is 6.42. The summed E-state index contributed by atoms with van der Waals surface area (Å²) in [7, 11) is 0. The summed E-state index contributed by atoms with van der Waals surface area (Å²) in [6.07, 6.45) is 2.87. The number of nitrogens with one attached hydrogen (secondary N) is 2. The SMILES string of the molecule is CC(C)C[C@@H]1SCC(=O)Nc2c1cnn2-c1nc2ccccc2[nH]1. The average Bonchev–Trinajstić information content (AvgIpc) is 3.11. The van der Waals surface area contributed by atoms with Gasteiger partial charge in [-0.3, -0.25) is 4.79 Å². The number of carbonyl (C=O) groups is 1. The van der Waals surface area contributed by atoms with Crippen LogP contribution in [0.1, 0.15) is 31.1 Å². The monoisotopic (exact) mass is 341 g/mol. The highest BCUT2D eigenvalue weighted by Crippen LogP contribution is 2.41. The van der Waals surface area contributed by atoms with Gasteiger partial charge in [0.15, 0.2) is 0 Å². The van der Waals surface area contributed by atoms with E-state index in [4.69, 9.17) is 0 Å². The van der Waals surface area contributed by atoms with Crippen LogP contribution in [-0.2, 0) is 4.79 Å². The maximum Gasteiger partial charge on any atom is 0.235 e. The second-order valence-corrected chi connectivity index (χ2v) is 7.61. The molecule has 0 fully saturated rings. The van der Waals surface area contributed by atoms with Gasteiger partial charge in [-0.1, -0.05) is 26.0 Å². The number of carbonyl (C=O) groups excluding carboxylic acids is 1. The Labute approximate surface area is 144 Å². The molecule has 3 heterocycles. The predicted molar refractivity (Wildman–Crippen MR) is 96.5 cm³/mol. The van der Waals surface area contributed by atoms with Crippen molar-refractivity contribution in [2.45, 2.75) is 25.5 Å². The number of thioether (sulfide) groups is 1. The van der Waals surface area contributed by atoms with Crippen LogP contribution in [0.4, 0.5) is 5.82 Å². The van der Waals surface area contributed by atoms with E-state index < -0.39 is 0 Å². The third-order valence-electron chi connectivity index (χ3n) is 4.08. The van der Waals surface area contributed by atoms with E-state index in [2.05, 4.69) is 34.2 Å². The second kappa shape index (κ2) is 5.98. The molecule has 2 aromatic heterocycles. The zero-order chi connectivity index (χ0) is 16.7. The van der Waals surface area contributed by atoms with Gasteiger partial charge in [0.1, 0.15) is 5.82 Å². The number of hydrogen-bond acceptors (Lipinski definition) is 4. The van der Waals surface area contributed by atoms with Crippen molar-refractivity contribution in [2.75, 3.05) is 11.1 Å². The largest absolute Gasteiger partial charge is 0.322 e. The summed E-state index contributed by atoms with van der Waals surface area (Å²) in [6.45, 7) is 4.40. The Kier molecular flexibility index (Phi) is 3.80. The Hall–Kier alpha value is -2.28. The molecule has 1 aliphatic rings. The van der Waals surface area contributed by atoms with Crippen molar-refractivity contribution in [1.82, 2.24) is 19.7 Å². The number of benzene rings is 1. The van der Waals surface area contributed by atoms with E-state index in [0.29, 0.717) is 17.6 Å². The summed E-state index contributed by atoms with van der Waals surface area (Å²) >= 11 is 1.68. The normalized spacial score (nSPS) is 17.8. The number of aromatic nitrogens is 4. The maximum atomic E-state index is 12.1. The fourth-order valence-corrected chi connectivity index (χ4v) is 4.28. The highest BCUT2D eigenvalue weighted by atomic mass is 32.2. The third kappa shape index (κ3) is 2.69. The minimum atomic E-state index is 0.00497. The van der Waals surface area contributed by atoms with Gasteiger partial charge >= 0.3 is 0 Å². The predicted octanol–water partition coefficient (Wildman–Crippen LogP) is 3.52. The van der Waals surface area contributed by atoms with Crippen LogP contribution in [0.3, 0.4) is 0 Å². The molecule has 4 rings (SSSR count). The first-order valence-corrected chi connectivity index (χ1v) is 9.11. The number of hydrogen-bond donors (Lipinski definition) is 2. The number of anilines is 1. The van der Waals surface area contributed by atoms with Crippen LogP contribution in [0, 0.1) is 5.92 Å². The van der Waals surface area contributed by atoms with E-state index in [9.17, 15) is 4.79 Å². The van der Waals surface area contributed by atoms with Gasteiger partial charge in [0.2, 0.25) is 11.9 Å². The molecular weight excluding hydrogens is 322 g/mol. The Balaban J connectivity index is 1.80. The number of nitrogens with zero attached hydrogens (tertiary/aromatic N) is 3. The van der Waals surface area contributed by atoms with E-state index in [1.54, 1.807) is 16.4 Å². The molecule has 0 aliphatic carbocycles. The summed E-state index contributed by atoms with van der Waals surface area (Å²) in [6, 6.07) is 7.84. The van der Waals surface area contributed by atoms with Crippen molar-refractivity contribution in [3.63, 3.8) is 0 Å². The van der Waals surface area contributed by atoms with Crippen LogP contribution in [-0.4, -0.2) is 31.4 Å². The van der Waals surface area contributed by atoms with Crippen molar-refractivity contribution < 1.29 is 4.79 Å². The van der Waals surface area contributed by atoms with Gasteiger partial charge in [0.25, 0.3) is 0 Å². The number of rotatable bonds is 3. The van der Waals surface area contributed by atoms with Gasteiger partial charge in [0.05, 0.1) is 23.0 Å². The molecule has 24 heavy (non-hydrogen) atoms. The van der Waals surface area contributed by atoms with Crippen LogP contribution < -0.4 is 5.32 Å². The van der Waals surface area contributed by atoms with Crippen molar-refractivity contribution in [3.8, 4) is 5.95 Å². The first kappa shape index (κ1) is 15.3. The van der Waals surface area contributed by atoms with Gasteiger partial charge in [-0.25, -0.2) is 4.98 Å². The summed E-state index contributed by atoms with van der Waals surface area (Å²) in [4.78, 5) is 20.0. The smallest absolute Gasteiger partial charge is 0.235 e. The maximum absolute atomic E-state index is 12.1. The van der Waals surface area contributed by atoms with Gasteiger partial charge in [0, 0.05) is 10.8 Å². The van der Waals surface area contributed by atoms with Crippen LogP contribution in [0.5, 0.6) is 0 Å². The molecule has 1 atom stereocenters. The number of H-pyrrole nitrogens is 1. The summed E-state index contributed by atoms with van der Waals surface area (Å²) in [5, 5.41) is 7.75. The molecule has 124 valence electrons. The number of amides is 1. The summed E-state index contributed by atoms with van der Waals surface area (Å²) in [5.41, 5.74) is 2.90. The van der Waals surface area contributed by atoms with Crippen molar-refractivity contribution in [2.24, 2.45) is 5.92 Å². The lowest BCUT2D eigenvalue weighted by molar-refractivity contribution is -0.113. The van der Waals surface area contributed by atoms with E-state index in [-0.39, 0.29) is 11.2 Å². The van der Waals surface area contributed by atoms with Crippen LogP contribution >= 0.6 is 11.8 Å². The summed E-state index contributed by atoms with van der Waals surface area (Å²) < 4.78 is 1.70. The van der Waals surface area contributed by atoms with E-state index in [1.807, 2.05) is 30.5 Å². The summed E-state index contributed by atoms with van der Waals surface area (Å²) in [5.74, 6) is 2.37. The molecular formula is C17H19N5OS. The lowest BCUT2D eigenvalue weighted by atomic mass is 10.0. The molecule has 0 radical (unpaired) electrons. The fraction of sp³-hybridized carbons (Fsp3) is 0.353. The van der Waals surface area contributed by atoms with Gasteiger partial charge in [-0.15, -0.1) is 11.8 Å². The van der Waals surface area contributed by atoms with Crippen LogP contribution in [0.15, 0.2) is 30.5 Å². The lowest BCUT2D eigenvalue weighted by Gasteiger charge is -2.15. The highest BCUT2D eigenvalue weighted by molar-refractivity contribution is 8.00. The van der Waals surface area contributed by atoms with Gasteiger partial charge in [-0.05, 0) is 24.5 Å². The molecule has 0 saturated carbocycles. The first-order valence-electron chi connectivity index (χ1n) is 8.06.